The predicted octanol–water partition coefficient (Wildman–Crippen LogP) is 12.4. The Morgan fingerprint density at radius 3 is 1.43 bits per heavy atom. The lowest BCUT2D eigenvalue weighted by Crippen LogP contribution is -1.92. The van der Waals surface area contributed by atoms with Crippen LogP contribution in [-0.2, 0) is 0 Å². The number of pyridine rings is 1. The normalized spacial score (nSPS) is 11.5. The molecular weight excluding hydrogens is 555 g/mol. The molecule has 0 N–H and O–H groups in total. The number of nitrogens with zero attached hydrogens (tertiary/aromatic N) is 1. The third kappa shape index (κ3) is 4.45. The van der Waals surface area contributed by atoms with E-state index in [1.165, 1.54) is 70.9 Å². The first-order valence-corrected chi connectivity index (χ1v) is 15.8. The first-order chi connectivity index (χ1) is 22.8. The quantitative estimate of drug-likeness (QED) is 0.188. The topological polar surface area (TPSA) is 12.9 Å². The molecule has 46 heavy (non-hydrogen) atoms. The van der Waals surface area contributed by atoms with Gasteiger partial charge >= 0.3 is 0 Å². The summed E-state index contributed by atoms with van der Waals surface area (Å²) in [6.07, 6.45) is 1.92. The Labute approximate surface area is 268 Å². The number of benzene rings is 8. The second-order valence-electron chi connectivity index (χ2n) is 12.0. The van der Waals surface area contributed by atoms with Gasteiger partial charge in [0.2, 0.25) is 0 Å². The Morgan fingerprint density at radius 2 is 0.783 bits per heavy atom. The molecular formula is C45H29N. The predicted molar refractivity (Wildman–Crippen MR) is 196 cm³/mol. The van der Waals surface area contributed by atoms with Crippen LogP contribution in [0.3, 0.4) is 0 Å². The van der Waals surface area contributed by atoms with Gasteiger partial charge in [-0.2, -0.15) is 0 Å². The Morgan fingerprint density at radius 1 is 0.283 bits per heavy atom. The van der Waals surface area contributed by atoms with Crippen molar-refractivity contribution in [1.29, 1.82) is 0 Å². The minimum Gasteiger partial charge on any atom is -0.256 e. The van der Waals surface area contributed by atoms with Gasteiger partial charge < -0.3 is 0 Å². The van der Waals surface area contributed by atoms with E-state index in [1.54, 1.807) is 0 Å². The highest BCUT2D eigenvalue weighted by molar-refractivity contribution is 6.22. The molecule has 214 valence electrons. The summed E-state index contributed by atoms with van der Waals surface area (Å²) in [5.74, 6) is 0. The zero-order chi connectivity index (χ0) is 30.5. The highest BCUT2D eigenvalue weighted by atomic mass is 14.7. The zero-order valence-corrected chi connectivity index (χ0v) is 25.2. The second-order valence-corrected chi connectivity index (χ2v) is 12.0. The van der Waals surface area contributed by atoms with Crippen molar-refractivity contribution in [2.75, 3.05) is 0 Å². The highest BCUT2D eigenvalue weighted by Gasteiger charge is 2.18. The molecule has 8 aromatic carbocycles. The molecule has 0 saturated heterocycles. The molecule has 1 heterocycles. The molecule has 0 unspecified atom stereocenters. The van der Waals surface area contributed by atoms with E-state index >= 15 is 0 Å². The van der Waals surface area contributed by atoms with Gasteiger partial charge in [-0.15, -0.1) is 0 Å². The number of rotatable bonds is 4. The Kier molecular flexibility index (Phi) is 6.21. The van der Waals surface area contributed by atoms with Crippen LogP contribution in [-0.4, -0.2) is 4.98 Å². The molecule has 1 aromatic heterocycles. The minimum absolute atomic E-state index is 0.975. The molecule has 0 aliphatic heterocycles. The molecule has 0 amide bonds. The summed E-state index contributed by atoms with van der Waals surface area (Å²) in [6, 6.07) is 61.6. The van der Waals surface area contributed by atoms with Gasteiger partial charge in [0.1, 0.15) is 0 Å². The SMILES string of the molecule is c1ccc(-c2cc(-c3ccc4c(-c5ccc6ccccc6c5)c5ccccc5c(-c5ccc6ccccc6c5)c4c3)ccn2)cc1. The molecule has 0 atom stereocenters. The lowest BCUT2D eigenvalue weighted by molar-refractivity contribution is 1.33. The van der Waals surface area contributed by atoms with Crippen LogP contribution in [0.15, 0.2) is 176 Å². The van der Waals surface area contributed by atoms with Crippen molar-refractivity contribution >= 4 is 43.1 Å². The molecule has 0 aliphatic rings. The Balaban J connectivity index is 1.36. The fourth-order valence-corrected chi connectivity index (χ4v) is 7.05. The maximum Gasteiger partial charge on any atom is 0.0708 e. The van der Waals surface area contributed by atoms with Crippen molar-refractivity contribution in [3.63, 3.8) is 0 Å². The average Bonchev–Trinajstić information content (AvgIpc) is 3.13. The standard InChI is InChI=1S/C45H29N/c1-2-12-32(13-3-1)43-29-36(24-25-46-43)35-22-23-41-42(28-35)45(38-21-19-31-11-5-7-15-34(31)27-38)40-17-9-8-16-39(40)44(41)37-20-18-30-10-4-6-14-33(30)26-37/h1-29H. The van der Waals surface area contributed by atoms with Crippen LogP contribution < -0.4 is 0 Å². The lowest BCUT2D eigenvalue weighted by Gasteiger charge is -2.19. The minimum atomic E-state index is 0.975. The van der Waals surface area contributed by atoms with Gasteiger partial charge in [-0.05, 0) is 107 Å². The highest BCUT2D eigenvalue weighted by Crippen LogP contribution is 2.45. The van der Waals surface area contributed by atoms with E-state index in [0.717, 1.165) is 16.8 Å². The van der Waals surface area contributed by atoms with E-state index in [4.69, 9.17) is 4.98 Å². The van der Waals surface area contributed by atoms with Gasteiger partial charge in [-0.3, -0.25) is 4.98 Å². The van der Waals surface area contributed by atoms with Crippen molar-refractivity contribution in [1.82, 2.24) is 4.98 Å². The largest absolute Gasteiger partial charge is 0.256 e. The smallest absolute Gasteiger partial charge is 0.0708 e. The van der Waals surface area contributed by atoms with E-state index in [9.17, 15) is 0 Å². The van der Waals surface area contributed by atoms with Crippen LogP contribution in [0.2, 0.25) is 0 Å². The van der Waals surface area contributed by atoms with Crippen molar-refractivity contribution < 1.29 is 0 Å². The first-order valence-electron chi connectivity index (χ1n) is 15.8. The monoisotopic (exact) mass is 583 g/mol. The third-order valence-electron chi connectivity index (χ3n) is 9.26. The summed E-state index contributed by atoms with van der Waals surface area (Å²) in [5, 5.41) is 10.00. The molecule has 9 rings (SSSR count). The van der Waals surface area contributed by atoms with Crippen molar-refractivity contribution in [2.45, 2.75) is 0 Å². The molecule has 0 aliphatic carbocycles. The summed E-state index contributed by atoms with van der Waals surface area (Å²) < 4.78 is 0. The molecule has 0 spiro atoms. The van der Waals surface area contributed by atoms with Crippen LogP contribution in [0.5, 0.6) is 0 Å². The maximum absolute atomic E-state index is 4.71. The summed E-state index contributed by atoms with van der Waals surface area (Å²) >= 11 is 0. The lowest BCUT2D eigenvalue weighted by atomic mass is 9.84. The fraction of sp³-hybridized carbons (Fsp3) is 0. The van der Waals surface area contributed by atoms with E-state index in [1.807, 2.05) is 12.3 Å². The molecule has 1 nitrogen and oxygen atoms in total. The Hall–Kier alpha value is -6.05. The van der Waals surface area contributed by atoms with Gasteiger partial charge in [0, 0.05) is 11.8 Å². The maximum atomic E-state index is 4.71. The van der Waals surface area contributed by atoms with Crippen molar-refractivity contribution in [3.8, 4) is 44.6 Å². The van der Waals surface area contributed by atoms with Crippen LogP contribution in [0.1, 0.15) is 0 Å². The van der Waals surface area contributed by atoms with Crippen LogP contribution in [0.25, 0.3) is 87.7 Å². The second kappa shape index (κ2) is 10.8. The van der Waals surface area contributed by atoms with Crippen LogP contribution in [0.4, 0.5) is 0 Å². The molecule has 1 heteroatoms. The van der Waals surface area contributed by atoms with Gasteiger partial charge in [0.15, 0.2) is 0 Å². The summed E-state index contributed by atoms with van der Waals surface area (Å²) in [4.78, 5) is 4.71. The molecule has 0 saturated carbocycles. The zero-order valence-electron chi connectivity index (χ0n) is 25.2. The third-order valence-corrected chi connectivity index (χ3v) is 9.26. The molecule has 0 fully saturated rings. The fourth-order valence-electron chi connectivity index (χ4n) is 7.05. The van der Waals surface area contributed by atoms with E-state index < -0.39 is 0 Å². The summed E-state index contributed by atoms with van der Waals surface area (Å²) in [7, 11) is 0. The average molecular weight is 584 g/mol. The summed E-state index contributed by atoms with van der Waals surface area (Å²) in [6.45, 7) is 0. The van der Waals surface area contributed by atoms with Gasteiger partial charge in [-0.25, -0.2) is 0 Å². The van der Waals surface area contributed by atoms with E-state index in [2.05, 4.69) is 164 Å². The van der Waals surface area contributed by atoms with E-state index in [0.29, 0.717) is 0 Å². The van der Waals surface area contributed by atoms with E-state index in [-0.39, 0.29) is 0 Å². The van der Waals surface area contributed by atoms with Gasteiger partial charge in [-0.1, -0.05) is 140 Å². The van der Waals surface area contributed by atoms with Crippen molar-refractivity contribution in [3.05, 3.63) is 176 Å². The number of hydrogen-bond donors (Lipinski definition) is 0. The number of aromatic nitrogens is 1. The Bertz CT molecular complexity index is 2580. The number of hydrogen-bond acceptors (Lipinski definition) is 1. The summed E-state index contributed by atoms with van der Waals surface area (Å²) in [5.41, 5.74) is 9.41. The molecule has 0 radical (unpaired) electrons. The van der Waals surface area contributed by atoms with Crippen molar-refractivity contribution in [2.24, 2.45) is 0 Å². The molecule has 9 aromatic rings. The van der Waals surface area contributed by atoms with Gasteiger partial charge in [0.05, 0.1) is 5.69 Å². The molecule has 0 bridgehead atoms. The number of fused-ring (bicyclic) bond motifs is 4. The van der Waals surface area contributed by atoms with Crippen LogP contribution >= 0.6 is 0 Å². The van der Waals surface area contributed by atoms with Crippen LogP contribution in [0, 0.1) is 0 Å². The van der Waals surface area contributed by atoms with Gasteiger partial charge in [0.25, 0.3) is 0 Å². The first kappa shape index (κ1) is 26.4.